The smallest absolute Gasteiger partial charge is 0.407 e. The zero-order chi connectivity index (χ0) is 57.1. The highest BCUT2D eigenvalue weighted by Gasteiger charge is 2.43. The number of benzene rings is 4. The van der Waals surface area contributed by atoms with E-state index in [0.29, 0.717) is 56.5 Å². The zero-order valence-corrected chi connectivity index (χ0v) is 48.4. The maximum Gasteiger partial charge on any atom is 0.407 e. The maximum absolute atomic E-state index is 16.9. The molecule has 6 fully saturated rings. The van der Waals surface area contributed by atoms with Crippen LogP contribution in [0.4, 0.5) is 25.0 Å². The number of carbonyl (C=O) groups is 4. The Morgan fingerprint density at radius 3 is 1.78 bits per heavy atom. The lowest BCUT2D eigenvalue weighted by molar-refractivity contribution is -0.139. The summed E-state index contributed by atoms with van der Waals surface area (Å²) in [6.07, 6.45) is 17.4. The number of aromatic nitrogens is 4. The van der Waals surface area contributed by atoms with Gasteiger partial charge in [0.05, 0.1) is 47.3 Å². The molecule has 0 bridgehead atoms. The van der Waals surface area contributed by atoms with E-state index in [0.717, 1.165) is 161 Å². The first-order valence-corrected chi connectivity index (χ1v) is 31.3. The molecular weight excluding hydrogens is 1050 g/mol. The molecule has 0 spiro atoms. The van der Waals surface area contributed by atoms with E-state index in [4.69, 9.17) is 14.7 Å². The standard InChI is InChI=1S/C66H82F2N10O5/c1-3-15-58(79)73-59(44-18-9-5-10-19-44)64(80)76-32-13-23-57(76)63-70-52-28-25-46(38-54(52)72-63)55-29-26-47(78(55)48-39-49(67)61(50(68)40-48)75-34-30-43(31-35-75)42-16-7-4-8-17-42)36-41-24-27-51-53(37-41)71-62(69-51)56-22-14-33-77(56)65(81)60(74-66(82)83-2)45-20-11-6-12-21-45/h4,7-8,16-17,24-25,27-28,37-40,43-45,47,55-57,59-60H,3,5-6,9-15,18-23,26,29-36H2,1-2H3,(H,69,71)(H,70,72)(H,73,79)(H,74,82)/t47?,55-,56+,57+,59+,60?/m1/s1. The average Bonchev–Trinajstić information content (AvgIpc) is 4.60. The number of imidazole rings is 2. The van der Waals surface area contributed by atoms with Crippen LogP contribution in [-0.2, 0) is 25.5 Å². The molecule has 17 heteroatoms. The SMILES string of the molecule is CCCC(=O)N[C@H](C(=O)N1CCC[C@H]1c1nc2cc([C@H]3CCC(Cc4ccc5[nH]c([C@@H]6CCCN6C(=O)C(NC(=O)OC)C6CCCCC6)nc5c4)N3c3cc(F)c(N4CCC(c5ccccc5)CC4)c(F)c3)ccc2[nH]1)C1CCCCC1. The molecule has 4 N–H and O–H groups in total. The second-order valence-electron chi connectivity index (χ2n) is 24.7. The van der Waals surface area contributed by atoms with Crippen LogP contribution in [0.15, 0.2) is 78.9 Å². The van der Waals surface area contributed by atoms with Crippen molar-refractivity contribution in [1.82, 2.24) is 40.4 Å². The van der Waals surface area contributed by atoms with Crippen molar-refractivity contribution < 1.29 is 32.7 Å². The number of nitrogens with one attached hydrogen (secondary N) is 4. The molecule has 0 radical (unpaired) electrons. The number of H-pyrrole nitrogens is 2. The monoisotopic (exact) mass is 1130 g/mol. The van der Waals surface area contributed by atoms with Crippen molar-refractivity contribution in [2.45, 2.75) is 184 Å². The molecule has 2 unspecified atom stereocenters. The van der Waals surface area contributed by atoms with Crippen LogP contribution in [0.2, 0.25) is 0 Å². The number of anilines is 2. The van der Waals surface area contributed by atoms with Crippen LogP contribution in [0.3, 0.4) is 0 Å². The van der Waals surface area contributed by atoms with E-state index in [9.17, 15) is 19.2 Å². The molecule has 4 amide bonds. The molecule has 4 aromatic carbocycles. The lowest BCUT2D eigenvalue weighted by Gasteiger charge is -2.36. The molecule has 440 valence electrons. The van der Waals surface area contributed by atoms with Gasteiger partial charge in [-0.3, -0.25) is 14.4 Å². The van der Waals surface area contributed by atoms with Gasteiger partial charge in [0.2, 0.25) is 17.7 Å². The molecule has 4 saturated heterocycles. The number of nitrogens with zero attached hydrogens (tertiary/aromatic N) is 6. The minimum absolute atomic E-state index is 0.0202. The van der Waals surface area contributed by atoms with Crippen molar-refractivity contribution in [3.05, 3.63) is 119 Å². The van der Waals surface area contributed by atoms with Gasteiger partial charge in [0.25, 0.3) is 0 Å². The normalized spacial score (nSPS) is 22.8. The largest absolute Gasteiger partial charge is 0.453 e. The van der Waals surface area contributed by atoms with Crippen LogP contribution in [0, 0.1) is 23.5 Å². The van der Waals surface area contributed by atoms with Gasteiger partial charge in [-0.15, -0.1) is 0 Å². The number of methoxy groups -OCH3 is 1. The Morgan fingerprint density at radius 2 is 1.19 bits per heavy atom. The Balaban J connectivity index is 0.820. The van der Waals surface area contributed by atoms with Crippen LogP contribution in [-0.4, -0.2) is 105 Å². The number of rotatable bonds is 16. The van der Waals surface area contributed by atoms with Gasteiger partial charge in [0.15, 0.2) is 11.6 Å². The van der Waals surface area contributed by atoms with Gasteiger partial charge in [0, 0.05) is 44.3 Å². The summed E-state index contributed by atoms with van der Waals surface area (Å²) in [5, 5.41) is 6.07. The second-order valence-corrected chi connectivity index (χ2v) is 24.7. The number of alkyl carbamates (subject to hydrolysis) is 1. The first kappa shape index (κ1) is 56.4. The summed E-state index contributed by atoms with van der Waals surface area (Å²) >= 11 is 0. The van der Waals surface area contributed by atoms with Crippen LogP contribution in [0.1, 0.15) is 188 Å². The fraction of sp³-hybridized carbons (Fsp3) is 0.545. The Labute approximate surface area is 486 Å². The molecule has 6 aliphatic rings. The molecule has 6 aromatic rings. The van der Waals surface area contributed by atoms with E-state index in [1.165, 1.54) is 24.8 Å². The van der Waals surface area contributed by atoms with E-state index in [1.54, 1.807) is 0 Å². The molecule has 12 rings (SSSR count). The van der Waals surface area contributed by atoms with Crippen molar-refractivity contribution >= 4 is 57.3 Å². The Kier molecular flexibility index (Phi) is 17.0. The third-order valence-corrected chi connectivity index (χ3v) is 19.6. The zero-order valence-electron chi connectivity index (χ0n) is 48.4. The van der Waals surface area contributed by atoms with Crippen LogP contribution >= 0.6 is 0 Å². The molecular formula is C66H82F2N10O5. The number of carbonyl (C=O) groups excluding carboxylic acids is 4. The third-order valence-electron chi connectivity index (χ3n) is 19.6. The van der Waals surface area contributed by atoms with Gasteiger partial charge < -0.3 is 44.9 Å². The van der Waals surface area contributed by atoms with Gasteiger partial charge in [-0.05, 0) is 161 Å². The Morgan fingerprint density at radius 1 is 0.614 bits per heavy atom. The predicted octanol–water partition coefficient (Wildman–Crippen LogP) is 12.6. The summed E-state index contributed by atoms with van der Waals surface area (Å²) in [5.41, 5.74) is 7.03. The van der Waals surface area contributed by atoms with Crippen molar-refractivity contribution in [3.63, 3.8) is 0 Å². The number of halogens is 2. The Hall–Kier alpha value is -7.04. The summed E-state index contributed by atoms with van der Waals surface area (Å²) < 4.78 is 38.8. The summed E-state index contributed by atoms with van der Waals surface area (Å²) in [6.45, 7) is 4.26. The Bertz CT molecular complexity index is 3250. The van der Waals surface area contributed by atoms with E-state index in [-0.39, 0.29) is 59.4 Å². The molecule has 4 aliphatic heterocycles. The number of aromatic amines is 2. The number of amides is 4. The predicted molar refractivity (Wildman–Crippen MR) is 318 cm³/mol. The van der Waals surface area contributed by atoms with Crippen molar-refractivity contribution in [3.8, 4) is 0 Å². The maximum atomic E-state index is 16.9. The fourth-order valence-corrected chi connectivity index (χ4v) is 15.3. The van der Waals surface area contributed by atoms with E-state index in [2.05, 4.69) is 61.9 Å². The molecule has 6 heterocycles. The molecule has 15 nitrogen and oxygen atoms in total. The number of hydrogen-bond acceptors (Lipinski definition) is 9. The minimum Gasteiger partial charge on any atom is -0.453 e. The fourth-order valence-electron chi connectivity index (χ4n) is 15.3. The summed E-state index contributed by atoms with van der Waals surface area (Å²) in [5.74, 6) is 0.602. The highest BCUT2D eigenvalue weighted by atomic mass is 19.1. The van der Waals surface area contributed by atoms with Crippen molar-refractivity contribution in [2.75, 3.05) is 43.1 Å². The number of hydrogen-bond donors (Lipinski definition) is 4. The summed E-state index contributed by atoms with van der Waals surface area (Å²) in [7, 11) is 1.33. The van der Waals surface area contributed by atoms with E-state index >= 15 is 8.78 Å². The minimum atomic E-state index is -0.664. The van der Waals surface area contributed by atoms with Gasteiger partial charge in [-0.2, -0.15) is 0 Å². The highest BCUT2D eigenvalue weighted by molar-refractivity contribution is 5.89. The van der Waals surface area contributed by atoms with Crippen LogP contribution < -0.4 is 20.4 Å². The summed E-state index contributed by atoms with van der Waals surface area (Å²) in [6, 6.07) is 23.8. The average molecular weight is 1130 g/mol. The van der Waals surface area contributed by atoms with E-state index in [1.807, 2.05) is 52.0 Å². The van der Waals surface area contributed by atoms with Gasteiger partial charge in [-0.25, -0.2) is 23.5 Å². The van der Waals surface area contributed by atoms with Crippen molar-refractivity contribution in [2.24, 2.45) is 11.8 Å². The van der Waals surface area contributed by atoms with E-state index < -0.39 is 29.8 Å². The van der Waals surface area contributed by atoms with Crippen molar-refractivity contribution in [1.29, 1.82) is 0 Å². The van der Waals surface area contributed by atoms with Crippen LogP contribution in [0.5, 0.6) is 0 Å². The van der Waals surface area contributed by atoms with Crippen LogP contribution in [0.25, 0.3) is 22.1 Å². The molecule has 2 aromatic heterocycles. The van der Waals surface area contributed by atoms with Gasteiger partial charge in [0.1, 0.15) is 29.4 Å². The number of fused-ring (bicyclic) bond motifs is 2. The number of ether oxygens (including phenoxy) is 1. The first-order chi connectivity index (χ1) is 40.5. The molecule has 6 atom stereocenters. The third kappa shape index (κ3) is 11.9. The lowest BCUT2D eigenvalue weighted by Crippen LogP contribution is -2.52. The summed E-state index contributed by atoms with van der Waals surface area (Å²) in [4.78, 5) is 80.0. The number of piperidine rings is 1. The highest BCUT2D eigenvalue weighted by Crippen LogP contribution is 2.45. The quantitative estimate of drug-likeness (QED) is 0.0736. The first-order valence-electron chi connectivity index (χ1n) is 31.3. The molecule has 83 heavy (non-hydrogen) atoms. The second kappa shape index (κ2) is 25.0. The molecule has 2 saturated carbocycles. The lowest BCUT2D eigenvalue weighted by atomic mass is 9.83. The topological polar surface area (TPSA) is 172 Å². The molecule has 2 aliphatic carbocycles. The van der Waals surface area contributed by atoms with Gasteiger partial charge >= 0.3 is 6.09 Å². The number of likely N-dealkylation sites (tertiary alicyclic amines) is 2. The van der Waals surface area contributed by atoms with Gasteiger partial charge in [-0.1, -0.05) is 87.9 Å².